The zero-order valence-electron chi connectivity index (χ0n) is 14.8. The van der Waals surface area contributed by atoms with Crippen LogP contribution in [-0.4, -0.2) is 77.4 Å². The van der Waals surface area contributed by atoms with E-state index >= 15 is 0 Å². The number of rotatable bonds is 2. The van der Waals surface area contributed by atoms with E-state index in [1.807, 2.05) is 4.90 Å². The van der Waals surface area contributed by atoms with Gasteiger partial charge >= 0.3 is 6.03 Å². The normalized spacial score (nSPS) is 29.3. The van der Waals surface area contributed by atoms with Crippen LogP contribution < -0.4 is 5.32 Å². The molecule has 3 saturated heterocycles. The molecule has 4 rings (SSSR count). The van der Waals surface area contributed by atoms with E-state index < -0.39 is 6.04 Å². The Kier molecular flexibility index (Phi) is 4.67. The second-order valence-electron chi connectivity index (χ2n) is 7.80. The third kappa shape index (κ3) is 3.03. The van der Waals surface area contributed by atoms with Gasteiger partial charge in [0.05, 0.1) is 6.54 Å². The molecule has 25 heavy (non-hydrogen) atoms. The molecule has 0 spiro atoms. The van der Waals surface area contributed by atoms with Gasteiger partial charge in [-0.25, -0.2) is 4.79 Å². The van der Waals surface area contributed by atoms with Gasteiger partial charge in [0.2, 0.25) is 5.91 Å². The lowest BCUT2D eigenvalue weighted by Crippen LogP contribution is -2.56. The molecule has 1 aliphatic carbocycles. The third-order valence-corrected chi connectivity index (χ3v) is 6.29. The number of piperidine rings is 1. The molecular formula is C18H28N4O3. The number of urea groups is 1. The van der Waals surface area contributed by atoms with Crippen molar-refractivity contribution in [2.75, 3.05) is 32.7 Å². The van der Waals surface area contributed by atoms with Crippen LogP contribution in [0.25, 0.3) is 0 Å². The van der Waals surface area contributed by atoms with E-state index in [2.05, 4.69) is 5.32 Å². The van der Waals surface area contributed by atoms with Crippen LogP contribution in [0.15, 0.2) is 0 Å². The highest BCUT2D eigenvalue weighted by Crippen LogP contribution is 2.31. The van der Waals surface area contributed by atoms with Gasteiger partial charge in [-0.2, -0.15) is 0 Å². The van der Waals surface area contributed by atoms with E-state index in [4.69, 9.17) is 0 Å². The maximum absolute atomic E-state index is 12.9. The lowest BCUT2D eigenvalue weighted by atomic mass is 9.94. The molecule has 3 aliphatic heterocycles. The average molecular weight is 348 g/mol. The summed E-state index contributed by atoms with van der Waals surface area (Å²) < 4.78 is 0. The van der Waals surface area contributed by atoms with Crippen LogP contribution in [0.3, 0.4) is 0 Å². The first-order valence-corrected chi connectivity index (χ1v) is 9.80. The topological polar surface area (TPSA) is 73.0 Å². The number of imide groups is 1. The Bertz CT molecular complexity index is 555. The molecule has 138 valence electrons. The van der Waals surface area contributed by atoms with Gasteiger partial charge in [0, 0.05) is 25.0 Å². The number of carbonyl (C=O) groups is 3. The molecule has 4 amide bonds. The molecule has 4 aliphatic rings. The Morgan fingerprint density at radius 3 is 2.40 bits per heavy atom. The number of carbonyl (C=O) groups excluding carboxylic acids is 3. The predicted molar refractivity (Wildman–Crippen MR) is 91.8 cm³/mol. The first-order valence-electron chi connectivity index (χ1n) is 9.80. The maximum atomic E-state index is 12.9. The Hall–Kier alpha value is -1.63. The van der Waals surface area contributed by atoms with E-state index in [9.17, 15) is 14.4 Å². The summed E-state index contributed by atoms with van der Waals surface area (Å²) in [5.74, 6) is 0.145. The van der Waals surface area contributed by atoms with Gasteiger partial charge in [-0.15, -0.1) is 0 Å². The molecule has 1 saturated carbocycles. The molecule has 3 heterocycles. The molecule has 1 N–H and O–H groups in total. The van der Waals surface area contributed by atoms with Crippen molar-refractivity contribution in [1.82, 2.24) is 20.0 Å². The summed E-state index contributed by atoms with van der Waals surface area (Å²) in [6.07, 6.45) is 6.96. The minimum Gasteiger partial charge on any atom is -0.338 e. The zero-order valence-corrected chi connectivity index (χ0v) is 14.8. The van der Waals surface area contributed by atoms with E-state index in [1.165, 1.54) is 11.3 Å². The van der Waals surface area contributed by atoms with Crippen molar-refractivity contribution in [3.8, 4) is 0 Å². The summed E-state index contributed by atoms with van der Waals surface area (Å²) in [5.41, 5.74) is 0. The fourth-order valence-electron chi connectivity index (χ4n) is 4.82. The summed E-state index contributed by atoms with van der Waals surface area (Å²) in [6.45, 7) is 3.17. The van der Waals surface area contributed by atoms with Crippen LogP contribution in [0.4, 0.5) is 4.79 Å². The van der Waals surface area contributed by atoms with E-state index in [-0.39, 0.29) is 29.8 Å². The lowest BCUT2D eigenvalue weighted by molar-refractivity contribution is -0.140. The Morgan fingerprint density at radius 1 is 0.960 bits per heavy atom. The van der Waals surface area contributed by atoms with Crippen LogP contribution in [0.5, 0.6) is 0 Å². The molecule has 0 aromatic carbocycles. The number of hydrogen-bond acceptors (Lipinski definition) is 4. The molecular weight excluding hydrogens is 320 g/mol. The van der Waals surface area contributed by atoms with Gasteiger partial charge < -0.3 is 15.1 Å². The molecule has 0 bridgehead atoms. The standard InChI is InChI=1S/C18H28N4O3/c23-16(13-6-8-19-9-7-13)20-10-11-21-15(12-20)17(24)22(18(21)25)14-4-2-1-3-5-14/h13-15,19H,1-12H2/t15-/m1/s1. The summed E-state index contributed by atoms with van der Waals surface area (Å²) in [7, 11) is 0. The Balaban J connectivity index is 1.44. The van der Waals surface area contributed by atoms with Crippen LogP contribution in [-0.2, 0) is 9.59 Å². The summed E-state index contributed by atoms with van der Waals surface area (Å²) >= 11 is 0. The van der Waals surface area contributed by atoms with Gasteiger partial charge in [-0.05, 0) is 38.8 Å². The Morgan fingerprint density at radius 2 is 1.68 bits per heavy atom. The largest absolute Gasteiger partial charge is 0.338 e. The van der Waals surface area contributed by atoms with Crippen molar-refractivity contribution >= 4 is 17.8 Å². The summed E-state index contributed by atoms with van der Waals surface area (Å²) in [6, 6.07) is -0.530. The molecule has 0 unspecified atom stereocenters. The molecule has 0 radical (unpaired) electrons. The zero-order chi connectivity index (χ0) is 17.4. The monoisotopic (exact) mass is 348 g/mol. The number of fused-ring (bicyclic) bond motifs is 1. The average Bonchev–Trinajstić information content (AvgIpc) is 2.92. The van der Waals surface area contributed by atoms with Gasteiger partial charge in [-0.3, -0.25) is 14.5 Å². The third-order valence-electron chi connectivity index (χ3n) is 6.29. The summed E-state index contributed by atoms with van der Waals surface area (Å²) in [4.78, 5) is 43.5. The number of hydrogen-bond donors (Lipinski definition) is 1. The van der Waals surface area contributed by atoms with Gasteiger partial charge in [0.25, 0.3) is 5.91 Å². The molecule has 7 nitrogen and oxygen atoms in total. The molecule has 0 aromatic rings. The molecule has 1 atom stereocenters. The fraction of sp³-hybridized carbons (Fsp3) is 0.833. The van der Waals surface area contributed by atoms with E-state index in [1.54, 1.807) is 4.90 Å². The second kappa shape index (κ2) is 6.94. The Labute approximate surface area is 148 Å². The highest BCUT2D eigenvalue weighted by molar-refractivity contribution is 6.05. The van der Waals surface area contributed by atoms with Crippen LogP contribution in [0.2, 0.25) is 0 Å². The SMILES string of the molecule is O=C(C1CCNCC1)N1CCN2C(=O)N(C3CCCCC3)C(=O)[C@H]2C1. The smallest absolute Gasteiger partial charge is 0.327 e. The number of piperazine rings is 1. The van der Waals surface area contributed by atoms with Gasteiger partial charge in [0.1, 0.15) is 6.04 Å². The highest BCUT2D eigenvalue weighted by Gasteiger charge is 2.50. The number of nitrogens with zero attached hydrogens (tertiary/aromatic N) is 3. The minimum atomic E-state index is -0.464. The van der Waals surface area contributed by atoms with Crippen LogP contribution in [0, 0.1) is 5.92 Å². The minimum absolute atomic E-state index is 0.0629. The van der Waals surface area contributed by atoms with Crippen molar-refractivity contribution in [2.24, 2.45) is 5.92 Å². The maximum Gasteiger partial charge on any atom is 0.327 e. The quantitative estimate of drug-likeness (QED) is 0.749. The van der Waals surface area contributed by atoms with Crippen molar-refractivity contribution in [2.45, 2.75) is 57.0 Å². The van der Waals surface area contributed by atoms with Crippen molar-refractivity contribution in [1.29, 1.82) is 0 Å². The van der Waals surface area contributed by atoms with Crippen LogP contribution >= 0.6 is 0 Å². The second-order valence-corrected chi connectivity index (χ2v) is 7.80. The predicted octanol–water partition coefficient (Wildman–Crippen LogP) is 0.794. The van der Waals surface area contributed by atoms with E-state index in [0.717, 1.165) is 51.6 Å². The number of nitrogens with one attached hydrogen (secondary N) is 1. The molecule has 7 heteroatoms. The first kappa shape index (κ1) is 16.8. The highest BCUT2D eigenvalue weighted by atomic mass is 16.2. The fourth-order valence-corrected chi connectivity index (χ4v) is 4.82. The van der Waals surface area contributed by atoms with Crippen molar-refractivity contribution in [3.05, 3.63) is 0 Å². The first-order chi connectivity index (χ1) is 12.2. The van der Waals surface area contributed by atoms with Gasteiger partial charge in [0.15, 0.2) is 0 Å². The van der Waals surface area contributed by atoms with Crippen LogP contribution in [0.1, 0.15) is 44.9 Å². The van der Waals surface area contributed by atoms with Crippen molar-refractivity contribution in [3.63, 3.8) is 0 Å². The molecule has 4 fully saturated rings. The number of amides is 4. The molecule has 0 aromatic heterocycles. The lowest BCUT2D eigenvalue weighted by Gasteiger charge is -2.37. The summed E-state index contributed by atoms with van der Waals surface area (Å²) in [5, 5.41) is 3.28. The van der Waals surface area contributed by atoms with E-state index in [0.29, 0.717) is 19.6 Å². The van der Waals surface area contributed by atoms with Crippen molar-refractivity contribution < 1.29 is 14.4 Å². The van der Waals surface area contributed by atoms with Gasteiger partial charge in [-0.1, -0.05) is 19.3 Å².